The first kappa shape index (κ1) is 19.0. The summed E-state index contributed by atoms with van der Waals surface area (Å²) in [5, 5.41) is 17.5. The van der Waals surface area contributed by atoms with Crippen molar-refractivity contribution in [2.45, 2.75) is 19.6 Å². The second kappa shape index (κ2) is 7.93. The Labute approximate surface area is 170 Å². The van der Waals surface area contributed by atoms with Crippen LogP contribution in [0.25, 0.3) is 11.3 Å². The molecule has 1 aromatic heterocycles. The number of fused-ring (bicyclic) bond motifs is 1. The van der Waals surface area contributed by atoms with Crippen molar-refractivity contribution < 1.29 is 13.5 Å². The third-order valence-corrected chi connectivity index (χ3v) is 4.58. The molecule has 0 fully saturated rings. The molecule has 29 heavy (non-hydrogen) atoms. The summed E-state index contributed by atoms with van der Waals surface area (Å²) in [4.78, 5) is 4.32. The molecule has 0 spiro atoms. The van der Waals surface area contributed by atoms with Crippen LogP contribution >= 0.6 is 11.6 Å². The molecule has 0 radical (unpaired) electrons. The minimum Gasteiger partial charge on any atom is -0.434 e. The first-order valence-electron chi connectivity index (χ1n) is 8.73. The lowest BCUT2D eigenvalue weighted by Gasteiger charge is -2.30. The molecule has 0 amide bonds. The number of ether oxygens (including phenoxy) is 1. The second-order valence-corrected chi connectivity index (χ2v) is 6.60. The number of hydrogen-bond acceptors (Lipinski definition) is 6. The highest BCUT2D eigenvalue weighted by Gasteiger charge is 2.29. The molecule has 4 rings (SSSR count). The van der Waals surface area contributed by atoms with E-state index in [1.165, 1.54) is 18.2 Å². The topological polar surface area (TPSA) is 69.7 Å². The highest BCUT2D eigenvalue weighted by molar-refractivity contribution is 6.31. The monoisotopic (exact) mass is 416 g/mol. The number of aromatic nitrogens is 2. The quantitative estimate of drug-likeness (QED) is 0.706. The highest BCUT2D eigenvalue weighted by atomic mass is 35.5. The molecule has 7 nitrogen and oxygen atoms in total. The number of allylic oxidation sites excluding steroid dienone is 1. The zero-order valence-corrected chi connectivity index (χ0v) is 15.8. The van der Waals surface area contributed by atoms with Gasteiger partial charge in [-0.15, -0.1) is 0 Å². The van der Waals surface area contributed by atoms with E-state index in [1.807, 2.05) is 22.3 Å². The summed E-state index contributed by atoms with van der Waals surface area (Å²) >= 11 is 6.13. The number of hydrazine groups is 1. The summed E-state index contributed by atoms with van der Waals surface area (Å²) < 4.78 is 32.2. The number of halogens is 3. The van der Waals surface area contributed by atoms with Crippen LogP contribution < -0.4 is 9.75 Å². The Hall–Kier alpha value is -3.38. The molecule has 1 aromatic carbocycles. The van der Waals surface area contributed by atoms with E-state index < -0.39 is 6.61 Å². The van der Waals surface area contributed by atoms with E-state index in [0.29, 0.717) is 35.1 Å². The number of aliphatic imine (C=N–C) groups is 1. The molecule has 0 aliphatic carbocycles. The van der Waals surface area contributed by atoms with Gasteiger partial charge in [-0.05, 0) is 30.4 Å². The van der Waals surface area contributed by atoms with Crippen molar-refractivity contribution >= 4 is 23.5 Å². The average molecular weight is 417 g/mol. The fraction of sp³-hybridized carbons (Fsp3) is 0.211. The van der Waals surface area contributed by atoms with Crippen LogP contribution in [0.15, 0.2) is 53.6 Å². The number of benzene rings is 1. The Morgan fingerprint density at radius 3 is 3.00 bits per heavy atom. The third-order valence-electron chi connectivity index (χ3n) is 4.35. The van der Waals surface area contributed by atoms with Crippen LogP contribution in [0.3, 0.4) is 0 Å². The van der Waals surface area contributed by atoms with Gasteiger partial charge in [0.2, 0.25) is 0 Å². The molecule has 10 heteroatoms. The zero-order chi connectivity index (χ0) is 20.4. The summed E-state index contributed by atoms with van der Waals surface area (Å²) in [7, 11) is 0. The van der Waals surface area contributed by atoms with Crippen molar-refractivity contribution in [2.75, 3.05) is 11.6 Å². The molecule has 0 atom stereocenters. The van der Waals surface area contributed by atoms with E-state index in [4.69, 9.17) is 21.6 Å². The molecule has 148 valence electrons. The van der Waals surface area contributed by atoms with Crippen molar-refractivity contribution in [1.82, 2.24) is 14.8 Å². The van der Waals surface area contributed by atoms with E-state index in [1.54, 1.807) is 23.2 Å². The van der Waals surface area contributed by atoms with Gasteiger partial charge in [-0.1, -0.05) is 11.6 Å². The number of rotatable bonds is 6. The van der Waals surface area contributed by atoms with Gasteiger partial charge in [0, 0.05) is 23.0 Å². The molecule has 0 bridgehead atoms. The van der Waals surface area contributed by atoms with Crippen molar-refractivity contribution in [1.29, 1.82) is 5.26 Å². The summed E-state index contributed by atoms with van der Waals surface area (Å²) in [6.07, 6.45) is 9.28. The second-order valence-electron chi connectivity index (χ2n) is 6.16. The first-order chi connectivity index (χ1) is 14.1. The summed E-state index contributed by atoms with van der Waals surface area (Å²) in [6, 6.07) is 6.48. The zero-order valence-electron chi connectivity index (χ0n) is 15.0. The number of alkyl halides is 2. The molecule has 0 saturated heterocycles. The lowest BCUT2D eigenvalue weighted by Crippen LogP contribution is -2.34. The fourth-order valence-corrected chi connectivity index (χ4v) is 3.32. The first-order valence-corrected chi connectivity index (χ1v) is 9.11. The van der Waals surface area contributed by atoms with Gasteiger partial charge in [-0.3, -0.25) is 9.69 Å². The van der Waals surface area contributed by atoms with E-state index >= 15 is 0 Å². The van der Waals surface area contributed by atoms with Gasteiger partial charge in [0.05, 0.1) is 31.8 Å². The molecule has 2 aliphatic heterocycles. The van der Waals surface area contributed by atoms with Gasteiger partial charge >= 0.3 is 6.61 Å². The van der Waals surface area contributed by atoms with Gasteiger partial charge in [-0.25, -0.2) is 10.0 Å². The lowest BCUT2D eigenvalue weighted by molar-refractivity contribution is -0.0494. The SMILES string of the molecule is N#CCCn1cc(N2CC=C3N=CC=CN32)c(-c2cc(Cl)ccc2OC(F)F)n1. The molecule has 0 saturated carbocycles. The average Bonchev–Trinajstić information content (AvgIpc) is 3.31. The maximum absolute atomic E-state index is 12.9. The molecule has 0 N–H and O–H groups in total. The van der Waals surface area contributed by atoms with E-state index in [9.17, 15) is 8.78 Å². The Morgan fingerprint density at radius 2 is 2.21 bits per heavy atom. The molecule has 3 heterocycles. The molecular weight excluding hydrogens is 402 g/mol. The van der Waals surface area contributed by atoms with Crippen molar-refractivity contribution in [3.8, 4) is 23.1 Å². The smallest absolute Gasteiger partial charge is 0.387 e. The van der Waals surface area contributed by atoms with E-state index in [-0.39, 0.29) is 12.2 Å². The molecular formula is C19H15ClF2N6O. The molecule has 0 unspecified atom stereocenters. The van der Waals surface area contributed by atoms with E-state index in [2.05, 4.69) is 16.2 Å². The molecule has 2 aliphatic rings. The minimum atomic E-state index is -2.99. The van der Waals surface area contributed by atoms with Gasteiger partial charge < -0.3 is 4.74 Å². The van der Waals surface area contributed by atoms with Crippen molar-refractivity contribution in [3.05, 3.63) is 53.6 Å². The lowest BCUT2D eigenvalue weighted by atomic mass is 10.1. The van der Waals surface area contributed by atoms with Gasteiger partial charge in [0.1, 0.15) is 23.0 Å². The van der Waals surface area contributed by atoms with Gasteiger partial charge in [-0.2, -0.15) is 19.1 Å². The summed E-state index contributed by atoms with van der Waals surface area (Å²) in [5.74, 6) is 0.717. The standard InChI is InChI=1S/C19H15ClF2N6O/c20-13-3-4-16(29-19(21)22)14(11-13)18-15(12-26(25-18)8-1-6-23)27-10-5-17-24-7-2-9-28(17)27/h2-5,7,9,11-12,19H,1,8,10H2. The predicted molar refractivity (Wildman–Crippen MR) is 104 cm³/mol. The van der Waals surface area contributed by atoms with Crippen LogP contribution in [0.4, 0.5) is 14.5 Å². The van der Waals surface area contributed by atoms with Gasteiger partial charge in [0.15, 0.2) is 0 Å². The fourth-order valence-electron chi connectivity index (χ4n) is 3.15. The van der Waals surface area contributed by atoms with Crippen LogP contribution in [-0.4, -0.2) is 34.2 Å². The number of anilines is 1. The summed E-state index contributed by atoms with van der Waals surface area (Å²) in [6.45, 7) is -2.12. The molecule has 2 aromatic rings. The number of aryl methyl sites for hydroxylation is 1. The number of nitriles is 1. The Kier molecular flexibility index (Phi) is 5.18. The largest absolute Gasteiger partial charge is 0.434 e. The normalized spacial score (nSPS) is 14.9. The summed E-state index contributed by atoms with van der Waals surface area (Å²) in [5.41, 5.74) is 1.40. The van der Waals surface area contributed by atoms with Crippen LogP contribution in [0, 0.1) is 11.3 Å². The highest BCUT2D eigenvalue weighted by Crippen LogP contribution is 2.40. The van der Waals surface area contributed by atoms with E-state index in [0.717, 1.165) is 5.82 Å². The third kappa shape index (κ3) is 3.79. The van der Waals surface area contributed by atoms with Gasteiger partial charge in [0.25, 0.3) is 0 Å². The van der Waals surface area contributed by atoms with Crippen LogP contribution in [0.5, 0.6) is 5.75 Å². The Morgan fingerprint density at radius 1 is 1.34 bits per heavy atom. The minimum absolute atomic E-state index is 0.0317. The Balaban J connectivity index is 1.80. The predicted octanol–water partition coefficient (Wildman–Crippen LogP) is 4.20. The maximum Gasteiger partial charge on any atom is 0.387 e. The maximum atomic E-state index is 12.9. The van der Waals surface area contributed by atoms with Crippen LogP contribution in [0.1, 0.15) is 6.42 Å². The Bertz CT molecular complexity index is 1060. The van der Waals surface area contributed by atoms with Crippen LogP contribution in [0.2, 0.25) is 5.02 Å². The van der Waals surface area contributed by atoms with Crippen molar-refractivity contribution in [3.63, 3.8) is 0 Å². The number of hydrogen-bond donors (Lipinski definition) is 0. The number of nitrogens with zero attached hydrogens (tertiary/aromatic N) is 6. The van der Waals surface area contributed by atoms with Crippen LogP contribution in [-0.2, 0) is 6.54 Å². The van der Waals surface area contributed by atoms with Crippen molar-refractivity contribution in [2.24, 2.45) is 4.99 Å².